The Kier molecular flexibility index (Phi) is 2.15. The number of halogens is 2. The molecule has 15 heavy (non-hydrogen) atoms. The lowest BCUT2D eigenvalue weighted by Crippen LogP contribution is -1.92. The van der Waals surface area contributed by atoms with Crippen LogP contribution in [0.2, 0.25) is 0 Å². The van der Waals surface area contributed by atoms with E-state index in [4.69, 9.17) is 5.73 Å². The van der Waals surface area contributed by atoms with Crippen LogP contribution in [0.4, 0.5) is 14.6 Å². The normalized spacial score (nSPS) is 10.6. The van der Waals surface area contributed by atoms with Gasteiger partial charge in [-0.05, 0) is 19.1 Å². The van der Waals surface area contributed by atoms with Crippen molar-refractivity contribution in [3.8, 4) is 11.3 Å². The van der Waals surface area contributed by atoms with Crippen LogP contribution >= 0.6 is 0 Å². The molecule has 1 heterocycles. The fourth-order valence-electron chi connectivity index (χ4n) is 1.34. The van der Waals surface area contributed by atoms with Crippen LogP contribution in [0, 0.1) is 18.6 Å². The maximum absolute atomic E-state index is 13.6. The van der Waals surface area contributed by atoms with Crippen LogP contribution in [0.1, 0.15) is 5.56 Å². The van der Waals surface area contributed by atoms with Crippen LogP contribution in [0.5, 0.6) is 0 Å². The van der Waals surface area contributed by atoms with Crippen molar-refractivity contribution in [3.05, 3.63) is 35.4 Å². The summed E-state index contributed by atoms with van der Waals surface area (Å²) in [4.78, 5) is 0. The molecule has 0 saturated carbocycles. The Morgan fingerprint density at radius 3 is 2.67 bits per heavy atom. The van der Waals surface area contributed by atoms with Gasteiger partial charge in [0.15, 0.2) is 0 Å². The van der Waals surface area contributed by atoms with E-state index in [-0.39, 0.29) is 16.9 Å². The number of benzene rings is 1. The quantitative estimate of drug-likeness (QED) is 0.756. The molecule has 0 radical (unpaired) electrons. The number of aromatic amines is 1. The topological polar surface area (TPSA) is 54.7 Å². The van der Waals surface area contributed by atoms with Crippen LogP contribution < -0.4 is 5.73 Å². The molecule has 1 aromatic carbocycles. The van der Waals surface area contributed by atoms with Gasteiger partial charge < -0.3 is 5.73 Å². The molecule has 3 nitrogen and oxygen atoms in total. The average molecular weight is 209 g/mol. The summed E-state index contributed by atoms with van der Waals surface area (Å²) in [7, 11) is 0. The first-order chi connectivity index (χ1) is 7.09. The molecular formula is C10H9F2N3. The smallest absolute Gasteiger partial charge is 0.145 e. The Balaban J connectivity index is 2.59. The Bertz CT molecular complexity index is 505. The van der Waals surface area contributed by atoms with Crippen molar-refractivity contribution in [3.63, 3.8) is 0 Å². The third-order valence-electron chi connectivity index (χ3n) is 2.21. The van der Waals surface area contributed by atoms with Crippen molar-refractivity contribution in [2.24, 2.45) is 0 Å². The number of nitrogens with two attached hydrogens (primary N) is 1. The lowest BCUT2D eigenvalue weighted by molar-refractivity contribution is 0.570. The lowest BCUT2D eigenvalue weighted by Gasteiger charge is -2.03. The van der Waals surface area contributed by atoms with Crippen molar-refractivity contribution >= 4 is 5.82 Å². The Morgan fingerprint density at radius 1 is 1.33 bits per heavy atom. The molecule has 0 bridgehead atoms. The van der Waals surface area contributed by atoms with Gasteiger partial charge in [-0.15, -0.1) is 0 Å². The summed E-state index contributed by atoms with van der Waals surface area (Å²) in [6, 6.07) is 4.06. The SMILES string of the molecule is Cc1c(F)ccc(-c2cc(N)n[nH]2)c1F. The molecule has 0 atom stereocenters. The summed E-state index contributed by atoms with van der Waals surface area (Å²) in [5, 5.41) is 6.25. The van der Waals surface area contributed by atoms with Crippen molar-refractivity contribution in [2.75, 3.05) is 5.73 Å². The van der Waals surface area contributed by atoms with E-state index in [9.17, 15) is 8.78 Å². The molecule has 1 aromatic heterocycles. The molecule has 2 rings (SSSR count). The Labute approximate surface area is 84.9 Å². The predicted molar refractivity (Wildman–Crippen MR) is 53.1 cm³/mol. The number of nitrogens with zero attached hydrogens (tertiary/aromatic N) is 1. The predicted octanol–water partition coefficient (Wildman–Crippen LogP) is 2.25. The van der Waals surface area contributed by atoms with Gasteiger partial charge in [-0.3, -0.25) is 5.10 Å². The third kappa shape index (κ3) is 1.56. The van der Waals surface area contributed by atoms with E-state index in [1.165, 1.54) is 25.1 Å². The fourth-order valence-corrected chi connectivity index (χ4v) is 1.34. The summed E-state index contributed by atoms with van der Waals surface area (Å²) in [6.45, 7) is 1.38. The lowest BCUT2D eigenvalue weighted by atomic mass is 10.1. The van der Waals surface area contributed by atoms with E-state index >= 15 is 0 Å². The van der Waals surface area contributed by atoms with Crippen molar-refractivity contribution in [2.45, 2.75) is 6.92 Å². The summed E-state index contributed by atoms with van der Waals surface area (Å²) in [6.07, 6.45) is 0. The third-order valence-corrected chi connectivity index (χ3v) is 2.21. The zero-order chi connectivity index (χ0) is 11.0. The fraction of sp³-hybridized carbons (Fsp3) is 0.100. The van der Waals surface area contributed by atoms with Crippen LogP contribution in [0.3, 0.4) is 0 Å². The van der Waals surface area contributed by atoms with E-state index in [0.29, 0.717) is 5.69 Å². The van der Waals surface area contributed by atoms with Crippen LogP contribution in [-0.2, 0) is 0 Å². The number of nitrogens with one attached hydrogen (secondary N) is 1. The second kappa shape index (κ2) is 3.34. The molecule has 3 N–H and O–H groups in total. The van der Waals surface area contributed by atoms with Gasteiger partial charge in [0, 0.05) is 17.2 Å². The maximum Gasteiger partial charge on any atom is 0.145 e. The minimum atomic E-state index is -0.598. The van der Waals surface area contributed by atoms with Crippen molar-refractivity contribution < 1.29 is 8.78 Å². The molecule has 0 aliphatic rings. The minimum Gasteiger partial charge on any atom is -0.382 e. The van der Waals surface area contributed by atoms with Crippen LogP contribution in [0.25, 0.3) is 11.3 Å². The highest BCUT2D eigenvalue weighted by atomic mass is 19.1. The number of H-pyrrole nitrogens is 1. The molecule has 5 heteroatoms. The molecule has 0 aliphatic heterocycles. The molecule has 2 aromatic rings. The largest absolute Gasteiger partial charge is 0.382 e. The highest BCUT2D eigenvalue weighted by Gasteiger charge is 2.12. The molecular weight excluding hydrogens is 200 g/mol. The number of hydrogen-bond acceptors (Lipinski definition) is 2. The summed E-state index contributed by atoms with van der Waals surface area (Å²) >= 11 is 0. The first-order valence-electron chi connectivity index (χ1n) is 4.35. The van der Waals surface area contributed by atoms with Gasteiger partial charge >= 0.3 is 0 Å². The van der Waals surface area contributed by atoms with Crippen molar-refractivity contribution in [1.29, 1.82) is 0 Å². The molecule has 0 spiro atoms. The highest BCUT2D eigenvalue weighted by molar-refractivity contribution is 5.63. The number of rotatable bonds is 1. The van der Waals surface area contributed by atoms with Gasteiger partial charge in [0.25, 0.3) is 0 Å². The summed E-state index contributed by atoms with van der Waals surface area (Å²) in [5.74, 6) is -0.895. The number of nitrogen functional groups attached to an aromatic ring is 1. The van der Waals surface area contributed by atoms with Crippen LogP contribution in [-0.4, -0.2) is 10.2 Å². The van der Waals surface area contributed by atoms with E-state index in [2.05, 4.69) is 10.2 Å². The number of aromatic nitrogens is 2. The van der Waals surface area contributed by atoms with Gasteiger partial charge in [-0.1, -0.05) is 0 Å². The molecule has 0 amide bonds. The zero-order valence-corrected chi connectivity index (χ0v) is 8.01. The first kappa shape index (κ1) is 9.64. The van der Waals surface area contributed by atoms with Crippen LogP contribution in [0.15, 0.2) is 18.2 Å². The summed E-state index contributed by atoms with van der Waals surface area (Å²) < 4.78 is 26.6. The molecule has 0 fully saturated rings. The zero-order valence-electron chi connectivity index (χ0n) is 8.01. The molecule has 0 saturated heterocycles. The Hall–Kier alpha value is -1.91. The Morgan fingerprint density at radius 2 is 2.07 bits per heavy atom. The van der Waals surface area contributed by atoms with Crippen molar-refractivity contribution in [1.82, 2.24) is 10.2 Å². The van der Waals surface area contributed by atoms with Gasteiger partial charge in [-0.2, -0.15) is 5.10 Å². The van der Waals surface area contributed by atoms with E-state index in [1.807, 2.05) is 0 Å². The van der Waals surface area contributed by atoms with Gasteiger partial charge in [0.2, 0.25) is 0 Å². The second-order valence-corrected chi connectivity index (χ2v) is 3.24. The maximum atomic E-state index is 13.6. The van der Waals surface area contributed by atoms with Gasteiger partial charge in [0.05, 0.1) is 5.69 Å². The van der Waals surface area contributed by atoms with E-state index < -0.39 is 11.6 Å². The standard InChI is InChI=1S/C10H9F2N3/c1-5-7(11)3-2-6(10(5)12)8-4-9(13)15-14-8/h2-4H,1H3,(H3,13,14,15). The van der Waals surface area contributed by atoms with Gasteiger partial charge in [0.1, 0.15) is 17.5 Å². The minimum absolute atomic E-state index is 0.0133. The molecule has 0 unspecified atom stereocenters. The number of hydrogen-bond donors (Lipinski definition) is 2. The molecule has 0 aliphatic carbocycles. The average Bonchev–Trinajstić information content (AvgIpc) is 2.61. The monoisotopic (exact) mass is 209 g/mol. The summed E-state index contributed by atoms with van der Waals surface area (Å²) in [5.41, 5.74) is 6.08. The number of anilines is 1. The second-order valence-electron chi connectivity index (χ2n) is 3.24. The van der Waals surface area contributed by atoms with E-state index in [0.717, 1.165) is 0 Å². The highest BCUT2D eigenvalue weighted by Crippen LogP contribution is 2.25. The van der Waals surface area contributed by atoms with E-state index in [1.54, 1.807) is 0 Å². The first-order valence-corrected chi connectivity index (χ1v) is 4.35. The van der Waals surface area contributed by atoms with Gasteiger partial charge in [-0.25, -0.2) is 8.78 Å². The molecule has 78 valence electrons.